The molecule has 0 aliphatic carbocycles. The molecule has 2 saturated heterocycles. The van der Waals surface area contributed by atoms with Crippen LogP contribution in [0.2, 0.25) is 5.02 Å². The molecule has 1 amide bonds. The third-order valence-corrected chi connectivity index (χ3v) is 7.96. The van der Waals surface area contributed by atoms with Crippen molar-refractivity contribution in [3.63, 3.8) is 0 Å². The predicted molar refractivity (Wildman–Crippen MR) is 104 cm³/mol. The number of thioether (sulfide) groups is 1. The minimum absolute atomic E-state index is 0.0683. The maximum Gasteiger partial charge on any atom is 0.253 e. The minimum Gasteiger partial charge on any atom is -0.316 e. The summed E-state index contributed by atoms with van der Waals surface area (Å²) >= 11 is 7.63. The van der Waals surface area contributed by atoms with Crippen LogP contribution in [0.1, 0.15) is 26.3 Å². The van der Waals surface area contributed by atoms with Crippen LogP contribution >= 0.6 is 23.4 Å². The Morgan fingerprint density at radius 3 is 2.60 bits per heavy atom. The van der Waals surface area contributed by atoms with Crippen LogP contribution in [0.15, 0.2) is 23.2 Å². The van der Waals surface area contributed by atoms with E-state index in [9.17, 15) is 13.2 Å². The molecule has 2 aliphatic heterocycles. The first-order chi connectivity index (χ1) is 11.5. The Kier molecular flexibility index (Phi) is 4.71. The fraction of sp³-hybridized carbons (Fsp3) is 0.529. The van der Waals surface area contributed by atoms with Gasteiger partial charge in [0.2, 0.25) is 0 Å². The standard InChI is InChI=1S/C17H21ClN2O3S2/c1-10-5-6-11(7-12(10)18)20-13-8-25(22,23)9-14(13)24-16(20)19-15(21)17(2,3)4/h5-7,13-14H,8-9H2,1-4H3/t13-,14+/m1/s1. The number of aliphatic imine (C=N–C) groups is 1. The molecule has 5 nitrogen and oxygen atoms in total. The van der Waals surface area contributed by atoms with Crippen molar-refractivity contribution >= 4 is 50.0 Å². The van der Waals surface area contributed by atoms with Gasteiger partial charge in [-0.2, -0.15) is 4.99 Å². The summed E-state index contributed by atoms with van der Waals surface area (Å²) < 4.78 is 24.1. The molecule has 8 heteroatoms. The van der Waals surface area contributed by atoms with E-state index in [4.69, 9.17) is 11.6 Å². The number of benzene rings is 1. The third-order valence-electron chi connectivity index (χ3n) is 4.34. The number of sulfone groups is 1. The lowest BCUT2D eigenvalue weighted by molar-refractivity contribution is -0.124. The first-order valence-electron chi connectivity index (χ1n) is 8.03. The quantitative estimate of drug-likeness (QED) is 0.723. The Morgan fingerprint density at radius 1 is 1.32 bits per heavy atom. The van der Waals surface area contributed by atoms with Gasteiger partial charge in [-0.15, -0.1) is 0 Å². The highest BCUT2D eigenvalue weighted by atomic mass is 35.5. The van der Waals surface area contributed by atoms with E-state index in [1.165, 1.54) is 11.8 Å². The number of anilines is 1. The third kappa shape index (κ3) is 3.73. The average molecular weight is 401 g/mol. The summed E-state index contributed by atoms with van der Waals surface area (Å²) in [5, 5.41) is 1.05. The summed E-state index contributed by atoms with van der Waals surface area (Å²) in [6.07, 6.45) is 0. The number of fused-ring (bicyclic) bond motifs is 1. The first-order valence-corrected chi connectivity index (χ1v) is 11.1. The molecule has 2 aliphatic rings. The van der Waals surface area contributed by atoms with E-state index in [1.54, 1.807) is 0 Å². The lowest BCUT2D eigenvalue weighted by atomic mass is 9.96. The number of hydrogen-bond donors (Lipinski definition) is 0. The van der Waals surface area contributed by atoms with Gasteiger partial charge in [-0.25, -0.2) is 8.42 Å². The molecule has 3 rings (SSSR count). The second-order valence-corrected chi connectivity index (χ2v) is 11.3. The summed E-state index contributed by atoms with van der Waals surface area (Å²) in [5.74, 6) is -0.0407. The lowest BCUT2D eigenvalue weighted by Crippen LogP contribution is -2.38. The molecule has 0 radical (unpaired) electrons. The van der Waals surface area contributed by atoms with Crippen molar-refractivity contribution in [1.82, 2.24) is 0 Å². The maximum absolute atomic E-state index is 12.4. The van der Waals surface area contributed by atoms with Gasteiger partial charge in [-0.1, -0.05) is 50.2 Å². The van der Waals surface area contributed by atoms with Gasteiger partial charge in [0.1, 0.15) is 0 Å². The molecule has 0 unspecified atom stereocenters. The lowest BCUT2D eigenvalue weighted by Gasteiger charge is -2.25. The molecular weight excluding hydrogens is 380 g/mol. The highest BCUT2D eigenvalue weighted by Gasteiger charge is 2.49. The van der Waals surface area contributed by atoms with E-state index >= 15 is 0 Å². The van der Waals surface area contributed by atoms with Gasteiger partial charge in [-0.3, -0.25) is 4.79 Å². The van der Waals surface area contributed by atoms with Gasteiger partial charge < -0.3 is 4.90 Å². The molecule has 25 heavy (non-hydrogen) atoms. The SMILES string of the molecule is Cc1ccc(N2C(=NC(=O)C(C)(C)C)S[C@H]3CS(=O)(=O)C[C@H]32)cc1Cl. The van der Waals surface area contributed by atoms with Crippen LogP contribution in [0, 0.1) is 12.3 Å². The highest BCUT2D eigenvalue weighted by Crippen LogP contribution is 2.42. The van der Waals surface area contributed by atoms with Gasteiger partial charge >= 0.3 is 0 Å². The van der Waals surface area contributed by atoms with E-state index in [1.807, 2.05) is 50.8 Å². The van der Waals surface area contributed by atoms with Crippen LogP contribution in [0.5, 0.6) is 0 Å². The fourth-order valence-corrected chi connectivity index (χ4v) is 6.94. The fourth-order valence-electron chi connectivity index (χ4n) is 2.85. The molecule has 2 fully saturated rings. The number of hydrogen-bond acceptors (Lipinski definition) is 4. The van der Waals surface area contributed by atoms with Crippen LogP contribution in [0.25, 0.3) is 0 Å². The number of rotatable bonds is 1. The molecule has 1 aromatic carbocycles. The number of amidine groups is 1. The Bertz CT molecular complexity index is 859. The van der Waals surface area contributed by atoms with E-state index in [0.29, 0.717) is 10.2 Å². The smallest absolute Gasteiger partial charge is 0.253 e. The van der Waals surface area contributed by atoms with E-state index in [-0.39, 0.29) is 28.7 Å². The summed E-state index contributed by atoms with van der Waals surface area (Å²) in [6.45, 7) is 7.36. The van der Waals surface area contributed by atoms with Crippen LogP contribution in [-0.2, 0) is 14.6 Å². The topological polar surface area (TPSA) is 66.8 Å². The molecule has 0 spiro atoms. The van der Waals surface area contributed by atoms with Crippen molar-refractivity contribution < 1.29 is 13.2 Å². The van der Waals surface area contributed by atoms with Crippen molar-refractivity contribution in [2.24, 2.45) is 10.4 Å². The van der Waals surface area contributed by atoms with E-state index in [2.05, 4.69) is 4.99 Å². The van der Waals surface area contributed by atoms with Gasteiger partial charge in [0.05, 0.1) is 17.5 Å². The van der Waals surface area contributed by atoms with Gasteiger partial charge in [0.15, 0.2) is 15.0 Å². The van der Waals surface area contributed by atoms with Crippen LogP contribution in [0.3, 0.4) is 0 Å². The molecule has 0 saturated carbocycles. The molecule has 2 atom stereocenters. The molecule has 0 aromatic heterocycles. The average Bonchev–Trinajstić information content (AvgIpc) is 2.92. The summed E-state index contributed by atoms with van der Waals surface area (Å²) in [4.78, 5) is 18.6. The second-order valence-electron chi connectivity index (χ2n) is 7.55. The van der Waals surface area contributed by atoms with Crippen molar-refractivity contribution in [2.45, 2.75) is 39.0 Å². The molecule has 1 aromatic rings. The zero-order valence-electron chi connectivity index (χ0n) is 14.6. The predicted octanol–water partition coefficient (Wildman–Crippen LogP) is 3.30. The molecular formula is C17H21ClN2O3S2. The number of carbonyl (C=O) groups excluding carboxylic acids is 1. The first kappa shape index (κ1) is 18.7. The highest BCUT2D eigenvalue weighted by molar-refractivity contribution is 8.16. The molecule has 0 bridgehead atoms. The van der Waals surface area contributed by atoms with Crippen LogP contribution < -0.4 is 4.90 Å². The Labute approximate surface area is 157 Å². The minimum atomic E-state index is -3.08. The van der Waals surface area contributed by atoms with Gasteiger partial charge in [-0.05, 0) is 24.6 Å². The summed E-state index contributed by atoms with van der Waals surface area (Å²) in [5.41, 5.74) is 1.12. The second kappa shape index (κ2) is 6.28. The zero-order chi connectivity index (χ0) is 18.6. The molecule has 136 valence electrons. The van der Waals surface area contributed by atoms with Crippen molar-refractivity contribution in [2.75, 3.05) is 16.4 Å². The van der Waals surface area contributed by atoms with Crippen molar-refractivity contribution in [1.29, 1.82) is 0 Å². The Hall–Kier alpha value is -1.05. The zero-order valence-corrected chi connectivity index (χ0v) is 17.0. The molecule has 2 heterocycles. The number of carbonyl (C=O) groups is 1. The Morgan fingerprint density at radius 2 is 2.00 bits per heavy atom. The van der Waals surface area contributed by atoms with E-state index in [0.717, 1.165) is 11.3 Å². The van der Waals surface area contributed by atoms with Gasteiger partial charge in [0.25, 0.3) is 5.91 Å². The summed E-state index contributed by atoms with van der Waals surface area (Å²) in [7, 11) is -3.08. The van der Waals surface area contributed by atoms with E-state index < -0.39 is 15.3 Å². The van der Waals surface area contributed by atoms with Crippen LogP contribution in [0.4, 0.5) is 5.69 Å². The largest absolute Gasteiger partial charge is 0.316 e. The monoisotopic (exact) mass is 400 g/mol. The number of halogens is 1. The number of aryl methyl sites for hydroxylation is 1. The summed E-state index contributed by atoms with van der Waals surface area (Å²) in [6, 6.07) is 5.37. The Balaban J connectivity index is 2.05. The molecule has 0 N–H and O–H groups in total. The maximum atomic E-state index is 12.4. The van der Waals surface area contributed by atoms with Crippen LogP contribution in [-0.4, -0.2) is 42.3 Å². The van der Waals surface area contributed by atoms with Crippen molar-refractivity contribution in [3.05, 3.63) is 28.8 Å². The van der Waals surface area contributed by atoms with Gasteiger partial charge in [0, 0.05) is 21.4 Å². The number of nitrogens with zero attached hydrogens (tertiary/aromatic N) is 2. The normalized spacial score (nSPS) is 26.9. The number of amides is 1. The van der Waals surface area contributed by atoms with Crippen molar-refractivity contribution in [3.8, 4) is 0 Å².